The number of carbonyl (C=O) groups excluding carboxylic acids is 1. The van der Waals surface area contributed by atoms with Crippen molar-refractivity contribution in [1.82, 2.24) is 0 Å². The summed E-state index contributed by atoms with van der Waals surface area (Å²) in [5.41, 5.74) is 1.96. The lowest BCUT2D eigenvalue weighted by atomic mass is 9.98. The predicted molar refractivity (Wildman–Crippen MR) is 90.3 cm³/mol. The molecule has 0 atom stereocenters. The lowest BCUT2D eigenvalue weighted by Gasteiger charge is -2.19. The average Bonchev–Trinajstić information content (AvgIpc) is 2.63. The summed E-state index contributed by atoms with van der Waals surface area (Å²) in [5, 5.41) is 0. The molecule has 0 radical (unpaired) electrons. The van der Waals surface area contributed by atoms with Gasteiger partial charge in [-0.25, -0.2) is 0 Å². The van der Waals surface area contributed by atoms with Crippen LogP contribution in [-0.2, 0) is 0 Å². The van der Waals surface area contributed by atoms with Crippen molar-refractivity contribution in [3.63, 3.8) is 0 Å². The largest absolute Gasteiger partial charge is 0.497 e. The van der Waals surface area contributed by atoms with Gasteiger partial charge in [-0.3, -0.25) is 4.79 Å². The van der Waals surface area contributed by atoms with E-state index in [0.29, 0.717) is 34.1 Å². The molecule has 0 N–H and O–H groups in total. The number of hydrogen-bond acceptors (Lipinski definition) is 5. The molecule has 1 heterocycles. The minimum atomic E-state index is -0.0475. The number of benzene rings is 2. The van der Waals surface area contributed by atoms with Crippen molar-refractivity contribution >= 4 is 11.9 Å². The van der Waals surface area contributed by atoms with E-state index in [2.05, 4.69) is 0 Å². The Kier molecular flexibility index (Phi) is 4.42. The third-order valence-electron chi connectivity index (χ3n) is 3.86. The minimum Gasteiger partial charge on any atom is -0.497 e. The molecule has 0 bridgehead atoms. The van der Waals surface area contributed by atoms with Crippen LogP contribution in [0.3, 0.4) is 0 Å². The van der Waals surface area contributed by atoms with E-state index in [9.17, 15) is 4.79 Å². The van der Waals surface area contributed by atoms with E-state index in [1.54, 1.807) is 51.7 Å². The first-order chi connectivity index (χ1) is 11.7. The van der Waals surface area contributed by atoms with Crippen molar-refractivity contribution in [1.29, 1.82) is 0 Å². The molecule has 0 saturated heterocycles. The summed E-state index contributed by atoms with van der Waals surface area (Å²) >= 11 is 0. The number of methoxy groups -OCH3 is 3. The van der Waals surface area contributed by atoms with Crippen LogP contribution in [0.4, 0.5) is 0 Å². The van der Waals surface area contributed by atoms with Crippen molar-refractivity contribution in [3.8, 4) is 23.0 Å². The van der Waals surface area contributed by atoms with Gasteiger partial charge in [0.1, 0.15) is 18.1 Å². The molecular formula is C19H18O5. The zero-order valence-electron chi connectivity index (χ0n) is 13.8. The highest BCUT2D eigenvalue weighted by atomic mass is 16.5. The molecule has 0 spiro atoms. The number of hydrogen-bond donors (Lipinski definition) is 0. The highest BCUT2D eigenvalue weighted by Gasteiger charge is 2.23. The number of Topliss-reactive ketones (excluding diaryl/α,β-unsaturated/α-hetero) is 1. The quantitative estimate of drug-likeness (QED) is 0.806. The zero-order chi connectivity index (χ0) is 17.1. The van der Waals surface area contributed by atoms with E-state index in [0.717, 1.165) is 5.56 Å². The van der Waals surface area contributed by atoms with Gasteiger partial charge in [0.2, 0.25) is 0 Å². The zero-order valence-corrected chi connectivity index (χ0v) is 13.8. The van der Waals surface area contributed by atoms with E-state index < -0.39 is 0 Å². The molecule has 0 fully saturated rings. The van der Waals surface area contributed by atoms with Crippen LogP contribution in [0.25, 0.3) is 6.08 Å². The van der Waals surface area contributed by atoms with Crippen molar-refractivity contribution < 1.29 is 23.7 Å². The fourth-order valence-corrected chi connectivity index (χ4v) is 2.58. The van der Waals surface area contributed by atoms with E-state index in [1.807, 2.05) is 12.1 Å². The van der Waals surface area contributed by atoms with Crippen LogP contribution in [0.1, 0.15) is 15.9 Å². The number of rotatable bonds is 4. The molecule has 1 aliphatic heterocycles. The lowest BCUT2D eigenvalue weighted by molar-refractivity contribution is 0.100. The van der Waals surface area contributed by atoms with Crippen LogP contribution in [0.2, 0.25) is 0 Å². The monoisotopic (exact) mass is 326 g/mol. The molecule has 2 aromatic rings. The second kappa shape index (κ2) is 6.66. The predicted octanol–water partition coefficient (Wildman–Crippen LogP) is 3.37. The lowest BCUT2D eigenvalue weighted by Crippen LogP contribution is -2.19. The third kappa shape index (κ3) is 2.93. The molecule has 0 aliphatic carbocycles. The Morgan fingerprint density at radius 1 is 0.958 bits per heavy atom. The second-order valence-corrected chi connectivity index (χ2v) is 5.26. The van der Waals surface area contributed by atoms with Gasteiger partial charge in [-0.05, 0) is 35.9 Å². The summed E-state index contributed by atoms with van der Waals surface area (Å²) < 4.78 is 21.4. The van der Waals surface area contributed by atoms with Crippen LogP contribution in [-0.4, -0.2) is 33.7 Å². The first-order valence-corrected chi connectivity index (χ1v) is 7.44. The summed E-state index contributed by atoms with van der Waals surface area (Å²) in [6, 6.07) is 10.7. The van der Waals surface area contributed by atoms with E-state index in [1.165, 1.54) is 0 Å². The Morgan fingerprint density at radius 3 is 2.46 bits per heavy atom. The fourth-order valence-electron chi connectivity index (χ4n) is 2.58. The number of fused-ring (bicyclic) bond motifs is 1. The Balaban J connectivity index is 1.93. The SMILES string of the molecule is COc1ccc2c(c1)OC/C(=C\c1ccc(OC)c(OC)c1)C2=O. The van der Waals surface area contributed by atoms with Crippen molar-refractivity contribution in [2.75, 3.05) is 27.9 Å². The Labute approximate surface area is 140 Å². The maximum atomic E-state index is 12.7. The van der Waals surface area contributed by atoms with Crippen LogP contribution in [0, 0.1) is 0 Å². The van der Waals surface area contributed by atoms with Gasteiger partial charge in [0.25, 0.3) is 0 Å². The van der Waals surface area contributed by atoms with Gasteiger partial charge < -0.3 is 18.9 Å². The van der Waals surface area contributed by atoms with E-state index in [4.69, 9.17) is 18.9 Å². The Morgan fingerprint density at radius 2 is 1.75 bits per heavy atom. The molecule has 2 aromatic carbocycles. The minimum absolute atomic E-state index is 0.0475. The second-order valence-electron chi connectivity index (χ2n) is 5.26. The average molecular weight is 326 g/mol. The molecule has 24 heavy (non-hydrogen) atoms. The van der Waals surface area contributed by atoms with Crippen molar-refractivity contribution in [3.05, 3.63) is 53.1 Å². The first-order valence-electron chi connectivity index (χ1n) is 7.44. The molecule has 1 aliphatic rings. The molecule has 124 valence electrons. The van der Waals surface area contributed by atoms with Gasteiger partial charge in [0.15, 0.2) is 17.3 Å². The normalized spacial score (nSPS) is 14.8. The highest BCUT2D eigenvalue weighted by molar-refractivity contribution is 6.14. The summed E-state index contributed by atoms with van der Waals surface area (Å²) in [7, 11) is 4.74. The molecule has 0 unspecified atom stereocenters. The van der Waals surface area contributed by atoms with Crippen LogP contribution < -0.4 is 18.9 Å². The smallest absolute Gasteiger partial charge is 0.196 e. The number of ether oxygens (including phenoxy) is 4. The summed E-state index contributed by atoms with van der Waals surface area (Å²) in [5.74, 6) is 2.41. The summed E-state index contributed by atoms with van der Waals surface area (Å²) in [6.45, 7) is 0.216. The summed E-state index contributed by atoms with van der Waals surface area (Å²) in [6.07, 6.45) is 1.80. The fraction of sp³-hybridized carbons (Fsp3) is 0.211. The van der Waals surface area contributed by atoms with Crippen molar-refractivity contribution in [2.24, 2.45) is 0 Å². The molecule has 5 nitrogen and oxygen atoms in total. The van der Waals surface area contributed by atoms with Gasteiger partial charge in [0, 0.05) is 11.6 Å². The molecule has 0 aromatic heterocycles. The maximum absolute atomic E-state index is 12.7. The highest BCUT2D eigenvalue weighted by Crippen LogP contribution is 2.33. The van der Waals surface area contributed by atoms with Gasteiger partial charge in [-0.2, -0.15) is 0 Å². The number of carbonyl (C=O) groups is 1. The van der Waals surface area contributed by atoms with Crippen LogP contribution in [0.5, 0.6) is 23.0 Å². The molecule has 5 heteroatoms. The summed E-state index contributed by atoms with van der Waals surface area (Å²) in [4.78, 5) is 12.7. The van der Waals surface area contributed by atoms with Crippen molar-refractivity contribution in [2.45, 2.75) is 0 Å². The standard InChI is InChI=1S/C19H18O5/c1-21-14-5-6-15-17(10-14)24-11-13(19(15)20)8-12-4-7-16(22-2)18(9-12)23-3/h4-10H,11H2,1-3H3/b13-8+. The van der Waals surface area contributed by atoms with Gasteiger partial charge in [-0.1, -0.05) is 6.07 Å². The maximum Gasteiger partial charge on any atom is 0.196 e. The third-order valence-corrected chi connectivity index (χ3v) is 3.86. The number of ketones is 1. The first kappa shape index (κ1) is 15.9. The Bertz CT molecular complexity index is 807. The van der Waals surface area contributed by atoms with Gasteiger partial charge in [-0.15, -0.1) is 0 Å². The topological polar surface area (TPSA) is 54.0 Å². The molecule has 0 amide bonds. The molecule has 3 rings (SSSR count). The molecule has 0 saturated carbocycles. The van der Waals surface area contributed by atoms with Gasteiger partial charge in [0.05, 0.1) is 26.9 Å². The van der Waals surface area contributed by atoms with E-state index in [-0.39, 0.29) is 12.4 Å². The van der Waals surface area contributed by atoms with Gasteiger partial charge >= 0.3 is 0 Å². The van der Waals surface area contributed by atoms with Crippen LogP contribution in [0.15, 0.2) is 42.0 Å². The molecular weight excluding hydrogens is 308 g/mol. The Hall–Kier alpha value is -2.95. The van der Waals surface area contributed by atoms with E-state index >= 15 is 0 Å². The van der Waals surface area contributed by atoms with Crippen LogP contribution >= 0.6 is 0 Å².